The van der Waals surface area contributed by atoms with Crippen LogP contribution in [0.15, 0.2) is 17.5 Å². The third-order valence-electron chi connectivity index (χ3n) is 2.11. The Morgan fingerprint density at radius 2 is 2.32 bits per heavy atom. The van der Waals surface area contributed by atoms with Crippen molar-refractivity contribution in [2.75, 3.05) is 6.54 Å². The van der Waals surface area contributed by atoms with Crippen molar-refractivity contribution in [1.82, 2.24) is 10.6 Å². The molecular weight excluding hydrogens is 262 g/mol. The number of amides is 1. The second-order valence-corrected chi connectivity index (χ2v) is 6.06. The fourth-order valence-corrected chi connectivity index (χ4v) is 1.96. The molecule has 0 fully saturated rings. The van der Waals surface area contributed by atoms with Gasteiger partial charge in [0.05, 0.1) is 6.07 Å². The molecule has 0 saturated heterocycles. The third kappa shape index (κ3) is 6.79. The van der Waals surface area contributed by atoms with Crippen LogP contribution in [0, 0.1) is 11.3 Å². The number of thiophene rings is 1. The van der Waals surface area contributed by atoms with E-state index in [1.807, 2.05) is 17.5 Å². The average Bonchev–Trinajstić information content (AvgIpc) is 2.80. The van der Waals surface area contributed by atoms with Crippen molar-refractivity contribution < 1.29 is 9.53 Å². The summed E-state index contributed by atoms with van der Waals surface area (Å²) in [5.41, 5.74) is -0.531. The van der Waals surface area contributed by atoms with E-state index in [0.717, 1.165) is 4.88 Å². The first-order chi connectivity index (χ1) is 8.90. The maximum absolute atomic E-state index is 11.4. The lowest BCUT2D eigenvalue weighted by Gasteiger charge is -2.20. The number of alkyl carbamates (subject to hydrolysis) is 1. The summed E-state index contributed by atoms with van der Waals surface area (Å²) in [6, 6.07) is 5.62. The number of nitriles is 1. The highest BCUT2D eigenvalue weighted by Crippen LogP contribution is 2.08. The number of carbonyl (C=O) groups is 1. The zero-order valence-electron chi connectivity index (χ0n) is 11.4. The van der Waals surface area contributed by atoms with Crippen LogP contribution >= 0.6 is 11.3 Å². The smallest absolute Gasteiger partial charge is 0.407 e. The van der Waals surface area contributed by atoms with Gasteiger partial charge in [0.15, 0.2) is 0 Å². The molecule has 0 aliphatic carbocycles. The Kier molecular flexibility index (Phi) is 5.80. The van der Waals surface area contributed by atoms with Gasteiger partial charge in [0.2, 0.25) is 0 Å². The summed E-state index contributed by atoms with van der Waals surface area (Å²) in [5.74, 6) is 0. The predicted octanol–water partition coefficient (Wildman–Crippen LogP) is 2.25. The summed E-state index contributed by atoms with van der Waals surface area (Å²) in [5, 5.41) is 16.6. The molecule has 0 saturated carbocycles. The van der Waals surface area contributed by atoms with E-state index in [1.54, 1.807) is 32.1 Å². The van der Waals surface area contributed by atoms with Crippen molar-refractivity contribution in [2.45, 2.75) is 39.0 Å². The second kappa shape index (κ2) is 7.12. The highest BCUT2D eigenvalue weighted by molar-refractivity contribution is 7.09. The highest BCUT2D eigenvalue weighted by Gasteiger charge is 2.17. The van der Waals surface area contributed by atoms with Gasteiger partial charge in [-0.25, -0.2) is 4.79 Å². The quantitative estimate of drug-likeness (QED) is 0.868. The summed E-state index contributed by atoms with van der Waals surface area (Å²) in [6.45, 7) is 6.22. The Labute approximate surface area is 117 Å². The van der Waals surface area contributed by atoms with Gasteiger partial charge in [0, 0.05) is 18.0 Å². The Bertz CT molecular complexity index is 432. The maximum Gasteiger partial charge on any atom is 0.407 e. The van der Waals surface area contributed by atoms with E-state index in [2.05, 4.69) is 16.7 Å². The standard InChI is InChI=1S/C13H19N3O2S/c1-13(2,3)18-12(17)16-8-10(7-14)15-9-11-5-4-6-19-11/h4-6,10,15H,8-9H2,1-3H3,(H,16,17). The minimum absolute atomic E-state index is 0.219. The van der Waals surface area contributed by atoms with Gasteiger partial charge in [-0.15, -0.1) is 11.3 Å². The van der Waals surface area contributed by atoms with Gasteiger partial charge in [-0.1, -0.05) is 6.07 Å². The Morgan fingerprint density at radius 1 is 1.58 bits per heavy atom. The van der Waals surface area contributed by atoms with Crippen LogP contribution in [0.5, 0.6) is 0 Å². The van der Waals surface area contributed by atoms with Crippen molar-refractivity contribution >= 4 is 17.4 Å². The van der Waals surface area contributed by atoms with Gasteiger partial charge in [-0.2, -0.15) is 5.26 Å². The van der Waals surface area contributed by atoms with E-state index < -0.39 is 17.7 Å². The van der Waals surface area contributed by atoms with Crippen LogP contribution in [0.2, 0.25) is 0 Å². The van der Waals surface area contributed by atoms with Crippen molar-refractivity contribution in [3.05, 3.63) is 22.4 Å². The van der Waals surface area contributed by atoms with E-state index in [9.17, 15) is 4.79 Å². The van der Waals surface area contributed by atoms with Gasteiger partial charge < -0.3 is 10.1 Å². The molecule has 0 spiro atoms. The van der Waals surface area contributed by atoms with Crippen LogP contribution in [-0.2, 0) is 11.3 Å². The molecule has 1 amide bonds. The molecule has 1 atom stereocenters. The van der Waals surface area contributed by atoms with E-state index in [0.29, 0.717) is 6.54 Å². The molecular formula is C13H19N3O2S. The molecule has 0 aliphatic heterocycles. The fourth-order valence-electron chi connectivity index (χ4n) is 1.30. The summed E-state index contributed by atoms with van der Waals surface area (Å²) in [6.07, 6.45) is -0.509. The Hall–Kier alpha value is -1.58. The van der Waals surface area contributed by atoms with E-state index in [1.165, 1.54) is 0 Å². The molecule has 0 bridgehead atoms. The van der Waals surface area contributed by atoms with Crippen molar-refractivity contribution in [3.8, 4) is 6.07 Å². The molecule has 5 nitrogen and oxygen atoms in total. The average molecular weight is 281 g/mol. The van der Waals surface area contributed by atoms with Crippen molar-refractivity contribution in [2.24, 2.45) is 0 Å². The molecule has 6 heteroatoms. The monoisotopic (exact) mass is 281 g/mol. The second-order valence-electron chi connectivity index (χ2n) is 5.02. The first kappa shape index (κ1) is 15.5. The molecule has 0 aromatic carbocycles. The van der Waals surface area contributed by atoms with Crippen LogP contribution in [-0.4, -0.2) is 24.3 Å². The van der Waals surface area contributed by atoms with Crippen molar-refractivity contribution in [3.63, 3.8) is 0 Å². The minimum Gasteiger partial charge on any atom is -0.444 e. The van der Waals surface area contributed by atoms with E-state index in [4.69, 9.17) is 10.00 Å². The predicted molar refractivity (Wildman–Crippen MR) is 74.8 cm³/mol. The summed E-state index contributed by atoms with van der Waals surface area (Å²) >= 11 is 1.62. The molecule has 2 N–H and O–H groups in total. The zero-order valence-corrected chi connectivity index (χ0v) is 12.2. The van der Waals surface area contributed by atoms with Gasteiger partial charge in [-0.3, -0.25) is 5.32 Å². The molecule has 1 aromatic rings. The molecule has 19 heavy (non-hydrogen) atoms. The Morgan fingerprint density at radius 3 is 2.84 bits per heavy atom. The molecule has 104 valence electrons. The van der Waals surface area contributed by atoms with Crippen LogP contribution < -0.4 is 10.6 Å². The zero-order chi connectivity index (χ0) is 14.3. The fraction of sp³-hybridized carbons (Fsp3) is 0.538. The molecule has 0 radical (unpaired) electrons. The largest absolute Gasteiger partial charge is 0.444 e. The number of rotatable bonds is 5. The number of ether oxygens (including phenoxy) is 1. The summed E-state index contributed by atoms with van der Waals surface area (Å²) < 4.78 is 5.10. The summed E-state index contributed by atoms with van der Waals surface area (Å²) in [7, 11) is 0. The normalized spacial score (nSPS) is 12.5. The lowest BCUT2D eigenvalue weighted by atomic mass is 10.2. The van der Waals surface area contributed by atoms with Crippen LogP contribution in [0.4, 0.5) is 4.79 Å². The molecule has 1 heterocycles. The van der Waals surface area contributed by atoms with Gasteiger partial charge in [0.1, 0.15) is 11.6 Å². The topological polar surface area (TPSA) is 74.1 Å². The van der Waals surface area contributed by atoms with Crippen LogP contribution in [0.1, 0.15) is 25.6 Å². The Balaban J connectivity index is 2.29. The van der Waals surface area contributed by atoms with Crippen molar-refractivity contribution in [1.29, 1.82) is 5.26 Å². The number of nitrogens with zero attached hydrogens (tertiary/aromatic N) is 1. The van der Waals surface area contributed by atoms with Gasteiger partial charge in [-0.05, 0) is 32.2 Å². The number of hydrogen-bond donors (Lipinski definition) is 2. The number of nitrogens with one attached hydrogen (secondary N) is 2. The van der Waals surface area contributed by atoms with Gasteiger partial charge >= 0.3 is 6.09 Å². The molecule has 1 rings (SSSR count). The molecule has 0 aliphatic rings. The third-order valence-corrected chi connectivity index (χ3v) is 2.98. The van der Waals surface area contributed by atoms with E-state index in [-0.39, 0.29) is 6.54 Å². The first-order valence-corrected chi connectivity index (χ1v) is 6.91. The van der Waals surface area contributed by atoms with Gasteiger partial charge in [0.25, 0.3) is 0 Å². The number of hydrogen-bond acceptors (Lipinski definition) is 5. The summed E-state index contributed by atoms with van der Waals surface area (Å²) in [4.78, 5) is 12.6. The first-order valence-electron chi connectivity index (χ1n) is 6.03. The molecule has 1 unspecified atom stereocenters. The van der Waals surface area contributed by atoms with Crippen LogP contribution in [0.25, 0.3) is 0 Å². The number of carbonyl (C=O) groups excluding carboxylic acids is 1. The highest BCUT2D eigenvalue weighted by atomic mass is 32.1. The van der Waals surface area contributed by atoms with Crippen LogP contribution in [0.3, 0.4) is 0 Å². The lowest BCUT2D eigenvalue weighted by Crippen LogP contribution is -2.41. The minimum atomic E-state index is -0.531. The van der Waals surface area contributed by atoms with E-state index >= 15 is 0 Å². The lowest BCUT2D eigenvalue weighted by molar-refractivity contribution is 0.0525. The molecule has 1 aromatic heterocycles. The maximum atomic E-state index is 11.4. The SMILES string of the molecule is CC(C)(C)OC(=O)NCC(C#N)NCc1cccs1.